The van der Waals surface area contributed by atoms with Crippen molar-refractivity contribution in [2.24, 2.45) is 5.92 Å². The first kappa shape index (κ1) is 49.4. The lowest BCUT2D eigenvalue weighted by atomic mass is 9.99. The molecule has 51 heavy (non-hydrogen) atoms. The first-order valence-electron chi connectivity index (χ1n) is 22.4. The van der Waals surface area contributed by atoms with Crippen LogP contribution in [0.25, 0.3) is 0 Å². The van der Waals surface area contributed by atoms with Crippen LogP contribution in [-0.4, -0.2) is 37.2 Å². The van der Waals surface area contributed by atoms with Gasteiger partial charge in [0.05, 0.1) is 0 Å². The van der Waals surface area contributed by atoms with Gasteiger partial charge in [-0.3, -0.25) is 14.4 Å². The topological polar surface area (TPSA) is 78.9 Å². The van der Waals surface area contributed by atoms with Crippen LogP contribution >= 0.6 is 0 Å². The highest BCUT2D eigenvalue weighted by atomic mass is 16.6. The SMILES string of the molecule is CCCCCCCCCCCCCCCCC(=O)OC[C@H](COC(=O)CCCCCCCCC)OC(=O)CCCCCCCCCCC(C)CC. The lowest BCUT2D eigenvalue weighted by Gasteiger charge is -2.18. The highest BCUT2D eigenvalue weighted by molar-refractivity contribution is 5.71. The van der Waals surface area contributed by atoms with E-state index >= 15 is 0 Å². The summed E-state index contributed by atoms with van der Waals surface area (Å²) in [7, 11) is 0. The molecule has 0 radical (unpaired) electrons. The van der Waals surface area contributed by atoms with Gasteiger partial charge in [-0.1, -0.05) is 207 Å². The molecule has 0 fully saturated rings. The zero-order valence-electron chi connectivity index (χ0n) is 34.6. The minimum atomic E-state index is -0.758. The average Bonchev–Trinajstić information content (AvgIpc) is 3.13. The molecule has 0 bridgehead atoms. The number of ether oxygens (including phenoxy) is 3. The third-order valence-corrected chi connectivity index (χ3v) is 10.4. The normalized spacial score (nSPS) is 12.5. The molecule has 0 saturated carbocycles. The Kier molecular flexibility index (Phi) is 38.4. The van der Waals surface area contributed by atoms with Crippen molar-refractivity contribution >= 4 is 17.9 Å². The lowest BCUT2D eigenvalue weighted by Crippen LogP contribution is -2.30. The van der Waals surface area contributed by atoms with Gasteiger partial charge in [-0.15, -0.1) is 0 Å². The molecule has 6 heteroatoms. The summed E-state index contributed by atoms with van der Waals surface area (Å²) < 4.78 is 16.7. The zero-order valence-corrected chi connectivity index (χ0v) is 34.6. The quantitative estimate of drug-likeness (QED) is 0.0356. The molecular weight excluding hydrogens is 636 g/mol. The molecular formula is C45H86O6. The zero-order chi connectivity index (χ0) is 37.5. The van der Waals surface area contributed by atoms with Crippen LogP contribution in [0.5, 0.6) is 0 Å². The molecule has 302 valence electrons. The fourth-order valence-corrected chi connectivity index (χ4v) is 6.59. The van der Waals surface area contributed by atoms with Crippen LogP contribution in [0, 0.1) is 5.92 Å². The van der Waals surface area contributed by atoms with Gasteiger partial charge in [-0.2, -0.15) is 0 Å². The van der Waals surface area contributed by atoms with Gasteiger partial charge in [-0.05, 0) is 25.2 Å². The van der Waals surface area contributed by atoms with Crippen molar-refractivity contribution in [3.63, 3.8) is 0 Å². The summed E-state index contributed by atoms with van der Waals surface area (Å²) in [6, 6.07) is 0. The summed E-state index contributed by atoms with van der Waals surface area (Å²) in [6.45, 7) is 8.96. The molecule has 0 rings (SSSR count). The van der Waals surface area contributed by atoms with Crippen molar-refractivity contribution in [1.82, 2.24) is 0 Å². The number of hydrogen-bond acceptors (Lipinski definition) is 6. The third-order valence-electron chi connectivity index (χ3n) is 10.4. The maximum Gasteiger partial charge on any atom is 0.306 e. The summed E-state index contributed by atoms with van der Waals surface area (Å²) in [4.78, 5) is 37.5. The minimum Gasteiger partial charge on any atom is -0.462 e. The monoisotopic (exact) mass is 723 g/mol. The van der Waals surface area contributed by atoms with E-state index in [0.717, 1.165) is 63.7 Å². The van der Waals surface area contributed by atoms with Crippen molar-refractivity contribution in [3.05, 3.63) is 0 Å². The lowest BCUT2D eigenvalue weighted by molar-refractivity contribution is -0.167. The predicted octanol–water partition coefficient (Wildman–Crippen LogP) is 13.9. The number of hydrogen-bond donors (Lipinski definition) is 0. The second-order valence-electron chi connectivity index (χ2n) is 15.6. The Bertz CT molecular complexity index is 768. The van der Waals surface area contributed by atoms with Crippen LogP contribution < -0.4 is 0 Å². The maximum atomic E-state index is 12.7. The largest absolute Gasteiger partial charge is 0.462 e. The molecule has 0 N–H and O–H groups in total. The van der Waals surface area contributed by atoms with E-state index in [9.17, 15) is 14.4 Å². The van der Waals surface area contributed by atoms with E-state index in [0.29, 0.717) is 19.3 Å². The van der Waals surface area contributed by atoms with E-state index in [-0.39, 0.29) is 31.1 Å². The minimum absolute atomic E-state index is 0.0646. The van der Waals surface area contributed by atoms with E-state index in [2.05, 4.69) is 27.7 Å². The van der Waals surface area contributed by atoms with Gasteiger partial charge in [0.2, 0.25) is 0 Å². The highest BCUT2D eigenvalue weighted by Crippen LogP contribution is 2.17. The summed E-state index contributed by atoms with van der Waals surface area (Å²) in [5, 5.41) is 0. The van der Waals surface area contributed by atoms with Crippen LogP contribution in [0.2, 0.25) is 0 Å². The Morgan fingerprint density at radius 3 is 1.02 bits per heavy atom. The fraction of sp³-hybridized carbons (Fsp3) is 0.933. The average molecular weight is 723 g/mol. The first-order chi connectivity index (χ1) is 24.9. The second-order valence-corrected chi connectivity index (χ2v) is 15.6. The van der Waals surface area contributed by atoms with Crippen LogP contribution in [-0.2, 0) is 28.6 Å². The molecule has 0 aromatic carbocycles. The molecule has 0 aliphatic rings. The molecule has 0 aliphatic heterocycles. The van der Waals surface area contributed by atoms with Crippen molar-refractivity contribution in [3.8, 4) is 0 Å². The van der Waals surface area contributed by atoms with Gasteiger partial charge in [0.25, 0.3) is 0 Å². The highest BCUT2D eigenvalue weighted by Gasteiger charge is 2.19. The molecule has 0 spiro atoms. The summed E-state index contributed by atoms with van der Waals surface area (Å²) in [5.74, 6) is -0.0178. The van der Waals surface area contributed by atoms with Crippen LogP contribution in [0.15, 0.2) is 0 Å². The molecule has 2 atom stereocenters. The number of carbonyl (C=O) groups excluding carboxylic acids is 3. The number of esters is 3. The number of unbranched alkanes of at least 4 members (excludes halogenated alkanes) is 26. The van der Waals surface area contributed by atoms with Crippen molar-refractivity contribution < 1.29 is 28.6 Å². The van der Waals surface area contributed by atoms with Gasteiger partial charge in [-0.25, -0.2) is 0 Å². The van der Waals surface area contributed by atoms with E-state index in [1.54, 1.807) is 0 Å². The Hall–Kier alpha value is -1.59. The van der Waals surface area contributed by atoms with Crippen LogP contribution in [0.3, 0.4) is 0 Å². The molecule has 1 unspecified atom stereocenters. The Morgan fingerprint density at radius 1 is 0.392 bits per heavy atom. The Balaban J connectivity index is 4.28. The summed E-state index contributed by atoms with van der Waals surface area (Å²) in [5.41, 5.74) is 0. The summed E-state index contributed by atoms with van der Waals surface area (Å²) in [6.07, 6.45) is 38.0. The second kappa shape index (κ2) is 39.6. The van der Waals surface area contributed by atoms with Crippen LogP contribution in [0.1, 0.15) is 246 Å². The standard InChI is InChI=1S/C45H86O6/c1-5-8-10-12-14-15-16-17-18-19-20-25-29-33-37-44(47)50-40-42(39-49-43(46)36-32-28-23-13-11-9-6-2)51-45(48)38-34-30-26-22-21-24-27-31-35-41(4)7-3/h41-42H,5-40H2,1-4H3/t41?,42-/m0/s1. The Labute approximate surface area is 317 Å². The molecule has 0 saturated heterocycles. The van der Waals surface area contributed by atoms with E-state index in [1.165, 1.54) is 141 Å². The number of carbonyl (C=O) groups is 3. The van der Waals surface area contributed by atoms with Crippen molar-refractivity contribution in [1.29, 1.82) is 0 Å². The number of rotatable bonds is 40. The van der Waals surface area contributed by atoms with Gasteiger partial charge >= 0.3 is 17.9 Å². The molecule has 0 aromatic heterocycles. The van der Waals surface area contributed by atoms with E-state index in [1.807, 2.05) is 0 Å². The molecule has 0 aliphatic carbocycles. The van der Waals surface area contributed by atoms with Gasteiger partial charge in [0.1, 0.15) is 13.2 Å². The third kappa shape index (κ3) is 38.0. The van der Waals surface area contributed by atoms with E-state index in [4.69, 9.17) is 14.2 Å². The molecule has 6 nitrogen and oxygen atoms in total. The van der Waals surface area contributed by atoms with E-state index < -0.39 is 6.10 Å². The first-order valence-corrected chi connectivity index (χ1v) is 22.4. The molecule has 0 amide bonds. The van der Waals surface area contributed by atoms with Gasteiger partial charge in [0, 0.05) is 19.3 Å². The fourth-order valence-electron chi connectivity index (χ4n) is 6.59. The molecule has 0 aromatic rings. The van der Waals surface area contributed by atoms with Crippen LogP contribution in [0.4, 0.5) is 0 Å². The maximum absolute atomic E-state index is 12.7. The van der Waals surface area contributed by atoms with Gasteiger partial charge < -0.3 is 14.2 Å². The van der Waals surface area contributed by atoms with Crippen molar-refractivity contribution in [2.75, 3.05) is 13.2 Å². The van der Waals surface area contributed by atoms with Crippen molar-refractivity contribution in [2.45, 2.75) is 252 Å². The smallest absolute Gasteiger partial charge is 0.306 e. The Morgan fingerprint density at radius 2 is 0.686 bits per heavy atom. The summed E-state index contributed by atoms with van der Waals surface area (Å²) >= 11 is 0. The van der Waals surface area contributed by atoms with Gasteiger partial charge in [0.15, 0.2) is 6.10 Å². The predicted molar refractivity (Wildman–Crippen MR) is 215 cm³/mol. The molecule has 0 heterocycles.